The van der Waals surface area contributed by atoms with Gasteiger partial charge in [0, 0.05) is 23.9 Å². The maximum atomic E-state index is 13.5. The van der Waals surface area contributed by atoms with Gasteiger partial charge in [0.15, 0.2) is 0 Å². The van der Waals surface area contributed by atoms with Crippen molar-refractivity contribution in [2.75, 3.05) is 6.26 Å². The summed E-state index contributed by atoms with van der Waals surface area (Å²) in [6.45, 7) is 1.72. The normalized spacial score (nSPS) is 12.2. The van der Waals surface area contributed by atoms with Crippen molar-refractivity contribution in [1.29, 1.82) is 0 Å². The maximum Gasteiger partial charge on any atom is 0.418 e. The summed E-state index contributed by atoms with van der Waals surface area (Å²) in [7, 11) is -3.88. The van der Waals surface area contributed by atoms with Crippen LogP contribution < -0.4 is 9.47 Å². The summed E-state index contributed by atoms with van der Waals surface area (Å²) in [6, 6.07) is 12.3. The van der Waals surface area contributed by atoms with Gasteiger partial charge in [-0.2, -0.15) is 13.2 Å². The Kier molecular flexibility index (Phi) is 5.91. The van der Waals surface area contributed by atoms with Gasteiger partial charge < -0.3 is 9.94 Å². The highest BCUT2D eigenvalue weighted by atomic mass is 35.5. The molecule has 2 heterocycles. The predicted molar refractivity (Wildman–Crippen MR) is 121 cm³/mol. The molecule has 0 spiro atoms. The van der Waals surface area contributed by atoms with Crippen LogP contribution in [0, 0.1) is 12.1 Å². The first-order valence-electron chi connectivity index (χ1n) is 9.73. The number of nitrogens with zero attached hydrogens (tertiary/aromatic N) is 2. The second kappa shape index (κ2) is 8.44. The van der Waals surface area contributed by atoms with Crippen LogP contribution in [0.25, 0.3) is 22.0 Å². The Hall–Kier alpha value is -3.37. The van der Waals surface area contributed by atoms with E-state index in [1.165, 1.54) is 30.5 Å². The molecule has 0 N–H and O–H groups in total. The monoisotopic (exact) mass is 508 g/mol. The molecule has 0 amide bonds. The number of halogens is 4. The standard InChI is InChI=1S/C23H16ClF3N2O4S/c1-13-12-28-22-17(7-4-8-18(22)23(25,26)27)21(13)14-5-3-6-16(9-14)33-19-10-15(24)11-20(29(19)30)34(2,31)32/h3-12H,1-2H3. The number of fused-ring (bicyclic) bond motifs is 1. The van der Waals surface area contributed by atoms with Gasteiger partial charge in [0.1, 0.15) is 5.75 Å². The lowest BCUT2D eigenvalue weighted by molar-refractivity contribution is -0.651. The molecule has 0 aliphatic rings. The van der Waals surface area contributed by atoms with Crippen molar-refractivity contribution in [3.63, 3.8) is 0 Å². The number of hydrogen-bond donors (Lipinski definition) is 0. The number of para-hydroxylation sites is 1. The van der Waals surface area contributed by atoms with E-state index < -0.39 is 26.6 Å². The molecule has 2 aromatic carbocycles. The number of benzene rings is 2. The second-order valence-corrected chi connectivity index (χ2v) is 9.96. The number of rotatable bonds is 4. The first-order chi connectivity index (χ1) is 15.9. The largest absolute Gasteiger partial charge is 0.615 e. The van der Waals surface area contributed by atoms with E-state index in [1.807, 2.05) is 0 Å². The Bertz CT molecular complexity index is 1540. The average Bonchev–Trinajstić information content (AvgIpc) is 2.74. The molecule has 11 heteroatoms. The van der Waals surface area contributed by atoms with Crippen LogP contribution in [0.15, 0.2) is 65.8 Å². The van der Waals surface area contributed by atoms with Crippen LogP contribution in [0.1, 0.15) is 11.1 Å². The Morgan fingerprint density at radius 2 is 1.79 bits per heavy atom. The molecular weight excluding hydrogens is 493 g/mol. The van der Waals surface area contributed by atoms with E-state index in [9.17, 15) is 26.8 Å². The maximum absolute atomic E-state index is 13.5. The summed E-state index contributed by atoms with van der Waals surface area (Å²) in [5, 5.41) is 12.2. The molecule has 0 atom stereocenters. The number of aromatic nitrogens is 2. The van der Waals surface area contributed by atoms with E-state index >= 15 is 0 Å². The van der Waals surface area contributed by atoms with Gasteiger partial charge in [0.05, 0.1) is 22.2 Å². The molecule has 0 aliphatic carbocycles. The van der Waals surface area contributed by atoms with E-state index in [0.29, 0.717) is 22.1 Å². The zero-order chi connectivity index (χ0) is 24.8. The van der Waals surface area contributed by atoms with Gasteiger partial charge in [-0.15, -0.1) is 4.73 Å². The van der Waals surface area contributed by atoms with E-state index in [0.717, 1.165) is 18.4 Å². The van der Waals surface area contributed by atoms with Gasteiger partial charge >= 0.3 is 17.1 Å². The fourth-order valence-electron chi connectivity index (χ4n) is 3.60. The van der Waals surface area contributed by atoms with Crippen molar-refractivity contribution >= 4 is 32.3 Å². The molecule has 0 saturated carbocycles. The summed E-state index contributed by atoms with van der Waals surface area (Å²) in [6.07, 6.45) is -2.35. The van der Waals surface area contributed by atoms with Crippen LogP contribution in [0.4, 0.5) is 13.2 Å². The molecule has 4 aromatic rings. The lowest BCUT2D eigenvalue weighted by Gasteiger charge is -2.15. The summed E-state index contributed by atoms with van der Waals surface area (Å²) in [5.41, 5.74) is 0.624. The van der Waals surface area contributed by atoms with E-state index in [-0.39, 0.29) is 26.9 Å². The molecule has 0 aliphatic heterocycles. The third-order valence-corrected chi connectivity index (χ3v) is 6.30. The molecule has 176 valence electrons. The number of hydrogen-bond acceptors (Lipinski definition) is 5. The minimum absolute atomic E-state index is 0.0191. The Morgan fingerprint density at radius 1 is 1.09 bits per heavy atom. The zero-order valence-electron chi connectivity index (χ0n) is 17.7. The van der Waals surface area contributed by atoms with Crippen molar-refractivity contribution in [2.24, 2.45) is 0 Å². The fourth-order valence-corrected chi connectivity index (χ4v) is 4.60. The zero-order valence-corrected chi connectivity index (χ0v) is 19.3. The fraction of sp³-hybridized carbons (Fsp3) is 0.130. The summed E-state index contributed by atoms with van der Waals surface area (Å²) < 4.78 is 70.0. The predicted octanol–water partition coefficient (Wildman–Crippen LogP) is 5.71. The van der Waals surface area contributed by atoms with Crippen molar-refractivity contribution < 1.29 is 31.1 Å². The molecular formula is C23H16ClF3N2O4S. The number of aryl methyl sites for hydroxylation is 1. The number of ether oxygens (including phenoxy) is 1. The van der Waals surface area contributed by atoms with E-state index in [1.54, 1.807) is 25.1 Å². The number of pyridine rings is 2. The minimum Gasteiger partial charge on any atom is -0.615 e. The third-order valence-electron chi connectivity index (χ3n) is 5.04. The van der Waals surface area contributed by atoms with Gasteiger partial charge in [-0.25, -0.2) is 8.42 Å². The molecule has 0 radical (unpaired) electrons. The van der Waals surface area contributed by atoms with Crippen LogP contribution in [0.5, 0.6) is 11.6 Å². The number of sulfone groups is 1. The summed E-state index contributed by atoms with van der Waals surface area (Å²) >= 11 is 5.96. The smallest absolute Gasteiger partial charge is 0.418 e. The molecule has 0 bridgehead atoms. The highest BCUT2D eigenvalue weighted by molar-refractivity contribution is 7.90. The Labute approximate surface area is 197 Å². The van der Waals surface area contributed by atoms with Crippen LogP contribution in [0.3, 0.4) is 0 Å². The summed E-state index contributed by atoms with van der Waals surface area (Å²) in [4.78, 5) is 4.01. The molecule has 0 fully saturated rings. The highest BCUT2D eigenvalue weighted by Gasteiger charge is 2.33. The molecule has 4 rings (SSSR count). The quantitative estimate of drug-likeness (QED) is 0.260. The lowest BCUT2D eigenvalue weighted by atomic mass is 9.95. The Balaban J connectivity index is 1.84. The van der Waals surface area contributed by atoms with Crippen molar-refractivity contribution in [1.82, 2.24) is 4.98 Å². The van der Waals surface area contributed by atoms with Gasteiger partial charge in [0.25, 0.3) is 0 Å². The first kappa shape index (κ1) is 23.8. The summed E-state index contributed by atoms with van der Waals surface area (Å²) in [5.74, 6) is -0.221. The second-order valence-electron chi connectivity index (χ2n) is 7.56. The molecule has 0 saturated heterocycles. The first-order valence-corrected chi connectivity index (χ1v) is 12.0. The topological polar surface area (TPSA) is 83.2 Å². The van der Waals surface area contributed by atoms with Gasteiger partial charge in [0.2, 0.25) is 9.84 Å². The van der Waals surface area contributed by atoms with Crippen LogP contribution in [-0.2, 0) is 16.0 Å². The average molecular weight is 509 g/mol. The lowest BCUT2D eigenvalue weighted by Crippen LogP contribution is -2.35. The van der Waals surface area contributed by atoms with E-state index in [2.05, 4.69) is 4.98 Å². The van der Waals surface area contributed by atoms with Crippen molar-refractivity contribution in [2.45, 2.75) is 18.1 Å². The molecule has 0 unspecified atom stereocenters. The number of alkyl halides is 3. The highest BCUT2D eigenvalue weighted by Crippen LogP contribution is 2.39. The van der Waals surface area contributed by atoms with Gasteiger partial charge in [-0.1, -0.05) is 35.9 Å². The van der Waals surface area contributed by atoms with Crippen LogP contribution in [0.2, 0.25) is 5.02 Å². The van der Waals surface area contributed by atoms with Crippen LogP contribution in [-0.4, -0.2) is 19.7 Å². The molecule has 34 heavy (non-hydrogen) atoms. The van der Waals surface area contributed by atoms with E-state index in [4.69, 9.17) is 16.3 Å². The van der Waals surface area contributed by atoms with Gasteiger partial charge in [-0.3, -0.25) is 4.98 Å². The van der Waals surface area contributed by atoms with Gasteiger partial charge in [-0.05, 0) is 41.8 Å². The molecule has 2 aromatic heterocycles. The Morgan fingerprint density at radius 3 is 2.47 bits per heavy atom. The minimum atomic E-state index is -4.57. The van der Waals surface area contributed by atoms with Crippen LogP contribution >= 0.6 is 11.6 Å². The van der Waals surface area contributed by atoms with Crippen molar-refractivity contribution in [3.05, 3.63) is 82.2 Å². The SMILES string of the molecule is Cc1cnc2c(C(F)(F)F)cccc2c1-c1cccc(Oc2cc(Cl)cc(S(C)(=O)=O)[n+]2[O-])c1. The third kappa shape index (κ3) is 4.51. The van der Waals surface area contributed by atoms with Crippen molar-refractivity contribution in [3.8, 4) is 22.8 Å². The molecule has 6 nitrogen and oxygen atoms in total.